The third kappa shape index (κ3) is 3.87. The summed E-state index contributed by atoms with van der Waals surface area (Å²) in [5.41, 5.74) is 2.09. The minimum absolute atomic E-state index is 0.0943. The summed E-state index contributed by atoms with van der Waals surface area (Å²) in [4.78, 5) is 4.65. The molecular formula is C16H21FN2S. The molecule has 1 atom stereocenters. The van der Waals surface area contributed by atoms with Crippen molar-refractivity contribution in [1.29, 1.82) is 0 Å². The van der Waals surface area contributed by atoms with E-state index in [1.54, 1.807) is 23.5 Å². The summed E-state index contributed by atoms with van der Waals surface area (Å²) in [5, 5.41) is 6.62. The molecule has 1 N–H and O–H groups in total. The number of nitrogens with one attached hydrogen (secondary N) is 1. The van der Waals surface area contributed by atoms with E-state index in [1.165, 1.54) is 6.07 Å². The van der Waals surface area contributed by atoms with Crippen molar-refractivity contribution >= 4 is 11.3 Å². The number of hydrogen-bond acceptors (Lipinski definition) is 3. The fourth-order valence-electron chi connectivity index (χ4n) is 1.88. The van der Waals surface area contributed by atoms with E-state index < -0.39 is 0 Å². The predicted molar refractivity (Wildman–Crippen MR) is 82.5 cm³/mol. The molecule has 4 heteroatoms. The molecular weight excluding hydrogens is 271 g/mol. The molecule has 108 valence electrons. The molecule has 20 heavy (non-hydrogen) atoms. The first kappa shape index (κ1) is 15.1. The first-order valence-electron chi connectivity index (χ1n) is 6.80. The summed E-state index contributed by atoms with van der Waals surface area (Å²) in [7, 11) is 0. The highest BCUT2D eigenvalue weighted by molar-refractivity contribution is 7.09. The summed E-state index contributed by atoms with van der Waals surface area (Å²) in [5.74, 6) is -0.195. The summed E-state index contributed by atoms with van der Waals surface area (Å²) >= 11 is 1.70. The average molecular weight is 292 g/mol. The van der Waals surface area contributed by atoms with Gasteiger partial charge in [0.05, 0.1) is 10.7 Å². The van der Waals surface area contributed by atoms with Crippen LogP contribution in [0.5, 0.6) is 0 Å². The van der Waals surface area contributed by atoms with Gasteiger partial charge in [-0.05, 0) is 24.6 Å². The van der Waals surface area contributed by atoms with Gasteiger partial charge in [0, 0.05) is 23.4 Å². The van der Waals surface area contributed by atoms with Crippen molar-refractivity contribution in [3.05, 3.63) is 51.7 Å². The van der Waals surface area contributed by atoms with E-state index in [-0.39, 0.29) is 17.3 Å². The van der Waals surface area contributed by atoms with E-state index in [0.29, 0.717) is 6.54 Å². The number of nitrogens with zero attached hydrogens (tertiary/aromatic N) is 1. The normalized spacial score (nSPS) is 13.4. The van der Waals surface area contributed by atoms with E-state index in [2.05, 4.69) is 36.5 Å². The van der Waals surface area contributed by atoms with Crippen LogP contribution >= 0.6 is 11.3 Å². The highest BCUT2D eigenvalue weighted by Crippen LogP contribution is 2.25. The second kappa shape index (κ2) is 6.02. The maximum absolute atomic E-state index is 13.2. The van der Waals surface area contributed by atoms with Gasteiger partial charge < -0.3 is 5.32 Å². The van der Waals surface area contributed by atoms with Gasteiger partial charge in [-0.3, -0.25) is 0 Å². The van der Waals surface area contributed by atoms with Crippen LogP contribution in [0.25, 0.3) is 0 Å². The van der Waals surface area contributed by atoms with Crippen molar-refractivity contribution < 1.29 is 4.39 Å². The molecule has 1 unspecified atom stereocenters. The van der Waals surface area contributed by atoms with E-state index in [4.69, 9.17) is 0 Å². The Bertz CT molecular complexity index is 572. The van der Waals surface area contributed by atoms with Crippen LogP contribution in [0, 0.1) is 5.82 Å². The quantitative estimate of drug-likeness (QED) is 0.901. The van der Waals surface area contributed by atoms with Gasteiger partial charge in [0.2, 0.25) is 0 Å². The molecule has 2 nitrogen and oxygen atoms in total. The Morgan fingerprint density at radius 3 is 2.70 bits per heavy atom. The Labute approximate surface area is 124 Å². The molecule has 1 aromatic heterocycles. The molecule has 1 aromatic carbocycles. The smallest absolute Gasteiger partial charge is 0.123 e. The second-order valence-corrected chi connectivity index (χ2v) is 6.91. The molecule has 2 rings (SSSR count). The summed E-state index contributed by atoms with van der Waals surface area (Å²) in [6.45, 7) is 9.23. The molecule has 1 heterocycles. The summed E-state index contributed by atoms with van der Waals surface area (Å²) in [6.07, 6.45) is 0. The number of thiazole rings is 1. The van der Waals surface area contributed by atoms with Gasteiger partial charge in [0.15, 0.2) is 0 Å². The lowest BCUT2D eigenvalue weighted by molar-refractivity contribution is 0.551. The van der Waals surface area contributed by atoms with Crippen molar-refractivity contribution in [2.24, 2.45) is 0 Å². The number of benzene rings is 1. The Morgan fingerprint density at radius 2 is 2.10 bits per heavy atom. The maximum atomic E-state index is 13.2. The summed E-state index contributed by atoms with van der Waals surface area (Å²) in [6, 6.07) is 6.81. The first-order chi connectivity index (χ1) is 9.36. The zero-order chi connectivity index (χ0) is 14.8. The first-order valence-corrected chi connectivity index (χ1v) is 7.68. The molecule has 0 aliphatic heterocycles. The zero-order valence-corrected chi connectivity index (χ0v) is 13.2. The molecule has 0 saturated heterocycles. The Morgan fingerprint density at radius 1 is 1.35 bits per heavy atom. The third-order valence-corrected chi connectivity index (χ3v) is 4.45. The van der Waals surface area contributed by atoms with Crippen LogP contribution in [0.4, 0.5) is 4.39 Å². The van der Waals surface area contributed by atoms with E-state index in [1.807, 2.05) is 13.0 Å². The molecule has 0 aliphatic carbocycles. The Kier molecular flexibility index (Phi) is 4.55. The van der Waals surface area contributed by atoms with E-state index in [0.717, 1.165) is 16.3 Å². The monoisotopic (exact) mass is 292 g/mol. The molecule has 0 bridgehead atoms. The van der Waals surface area contributed by atoms with Crippen LogP contribution in [0.2, 0.25) is 0 Å². The molecule has 0 aliphatic rings. The molecule has 0 fully saturated rings. The van der Waals surface area contributed by atoms with Crippen LogP contribution in [0.15, 0.2) is 29.6 Å². The van der Waals surface area contributed by atoms with Crippen molar-refractivity contribution in [1.82, 2.24) is 10.3 Å². The Hall–Kier alpha value is -1.26. The highest BCUT2D eigenvalue weighted by Gasteiger charge is 2.18. The van der Waals surface area contributed by atoms with Gasteiger partial charge in [-0.25, -0.2) is 9.37 Å². The predicted octanol–water partition coefficient (Wildman–Crippen LogP) is 4.43. The molecule has 2 aromatic rings. The van der Waals surface area contributed by atoms with Gasteiger partial charge in [0.1, 0.15) is 5.82 Å². The standard InChI is InChI=1S/C16H21FN2S/c1-11(12-6-5-7-13(17)8-12)18-9-14-10-20-15(19-14)16(2,3)4/h5-8,10-11,18H,9H2,1-4H3. The fraction of sp³-hybridized carbons (Fsp3) is 0.438. The largest absolute Gasteiger partial charge is 0.305 e. The average Bonchev–Trinajstić information content (AvgIpc) is 2.84. The van der Waals surface area contributed by atoms with Crippen molar-refractivity contribution in [3.8, 4) is 0 Å². The number of hydrogen-bond donors (Lipinski definition) is 1. The molecule has 0 amide bonds. The van der Waals surface area contributed by atoms with E-state index >= 15 is 0 Å². The van der Waals surface area contributed by atoms with Gasteiger partial charge in [-0.1, -0.05) is 32.9 Å². The highest BCUT2D eigenvalue weighted by atomic mass is 32.1. The van der Waals surface area contributed by atoms with Crippen LogP contribution < -0.4 is 5.32 Å². The van der Waals surface area contributed by atoms with Crippen LogP contribution in [0.3, 0.4) is 0 Å². The SMILES string of the molecule is CC(NCc1csc(C(C)(C)C)n1)c1cccc(F)c1. The second-order valence-electron chi connectivity index (χ2n) is 6.05. The van der Waals surface area contributed by atoms with Gasteiger partial charge >= 0.3 is 0 Å². The van der Waals surface area contributed by atoms with Crippen LogP contribution in [-0.2, 0) is 12.0 Å². The lowest BCUT2D eigenvalue weighted by Crippen LogP contribution is -2.19. The minimum atomic E-state index is -0.195. The molecule has 0 radical (unpaired) electrons. The minimum Gasteiger partial charge on any atom is -0.305 e. The number of rotatable bonds is 4. The van der Waals surface area contributed by atoms with Gasteiger partial charge in [0.25, 0.3) is 0 Å². The molecule has 0 saturated carbocycles. The van der Waals surface area contributed by atoms with Crippen molar-refractivity contribution in [2.45, 2.75) is 45.7 Å². The zero-order valence-electron chi connectivity index (χ0n) is 12.4. The number of aromatic nitrogens is 1. The number of halogens is 1. The Balaban J connectivity index is 1.97. The topological polar surface area (TPSA) is 24.9 Å². The summed E-state index contributed by atoms with van der Waals surface area (Å²) < 4.78 is 13.2. The van der Waals surface area contributed by atoms with E-state index in [9.17, 15) is 4.39 Å². The lowest BCUT2D eigenvalue weighted by Gasteiger charge is -2.14. The van der Waals surface area contributed by atoms with Crippen LogP contribution in [0.1, 0.15) is 50.0 Å². The lowest BCUT2D eigenvalue weighted by atomic mass is 9.98. The maximum Gasteiger partial charge on any atom is 0.123 e. The van der Waals surface area contributed by atoms with Gasteiger partial charge in [-0.15, -0.1) is 11.3 Å². The third-order valence-electron chi connectivity index (χ3n) is 3.13. The fourth-order valence-corrected chi connectivity index (χ4v) is 2.79. The van der Waals surface area contributed by atoms with Gasteiger partial charge in [-0.2, -0.15) is 0 Å². The van der Waals surface area contributed by atoms with Crippen LogP contribution in [-0.4, -0.2) is 4.98 Å². The van der Waals surface area contributed by atoms with Crippen molar-refractivity contribution in [2.75, 3.05) is 0 Å². The molecule has 0 spiro atoms. The van der Waals surface area contributed by atoms with Crippen molar-refractivity contribution in [3.63, 3.8) is 0 Å².